The van der Waals surface area contributed by atoms with E-state index in [-0.39, 0.29) is 0 Å². The summed E-state index contributed by atoms with van der Waals surface area (Å²) in [6.07, 6.45) is -36.3. The van der Waals surface area contributed by atoms with Crippen molar-refractivity contribution in [3.05, 3.63) is 0 Å². The summed E-state index contributed by atoms with van der Waals surface area (Å²) >= 11 is 0. The fourth-order valence-electron chi connectivity index (χ4n) is 8.91. The van der Waals surface area contributed by atoms with Crippen LogP contribution in [0.3, 0.4) is 0 Å². The van der Waals surface area contributed by atoms with Gasteiger partial charge >= 0.3 is 11.9 Å². The van der Waals surface area contributed by atoms with Crippen LogP contribution < -0.4 is 0 Å². The first-order valence-electron chi connectivity index (χ1n) is 20.6. The SMILES string of the molecule is COC1C(OC)[C@H](O[C@H]2O[C@@H](CO)[C@@H](O[C@@H]3OC(C(=O)O)[C@@H](O[C@H]4OC(CO)[C@@H](OC)[C@H](OC)C4C)[C@H](OC)C3OC)C(O)C2O)[C@H](C(=O)O)O[C@H]1O[C@@H]1C(CO)O[C@H](OC)C(O)[C@H]1O. The molecule has 5 aliphatic rings. The molecule has 0 spiro atoms. The third-order valence-corrected chi connectivity index (χ3v) is 12.3. The van der Waals surface area contributed by atoms with Crippen molar-refractivity contribution in [3.63, 3.8) is 0 Å². The van der Waals surface area contributed by atoms with Crippen molar-refractivity contribution in [1.29, 1.82) is 0 Å². The van der Waals surface area contributed by atoms with Gasteiger partial charge in [0.1, 0.15) is 97.7 Å². The van der Waals surface area contributed by atoms with Crippen molar-refractivity contribution >= 4 is 11.9 Å². The first-order valence-corrected chi connectivity index (χ1v) is 20.6. The molecule has 0 radical (unpaired) electrons. The Bertz CT molecular complexity index is 1480. The number of ether oxygens (including phenoxy) is 16. The van der Waals surface area contributed by atoms with Crippen molar-refractivity contribution in [2.24, 2.45) is 5.92 Å². The lowest BCUT2D eigenvalue weighted by molar-refractivity contribution is -0.390. The van der Waals surface area contributed by atoms with E-state index in [4.69, 9.17) is 75.8 Å². The summed E-state index contributed by atoms with van der Waals surface area (Å²) in [4.78, 5) is 25.5. The molecule has 25 atom stereocenters. The molecule has 27 heteroatoms. The molecule has 5 rings (SSSR count). The van der Waals surface area contributed by atoms with Crippen LogP contribution in [0.25, 0.3) is 0 Å². The molecule has 378 valence electrons. The molecule has 27 nitrogen and oxygen atoms in total. The Kier molecular flexibility index (Phi) is 20.0. The van der Waals surface area contributed by atoms with Gasteiger partial charge in [0.05, 0.1) is 25.9 Å². The van der Waals surface area contributed by atoms with Crippen LogP contribution in [0.1, 0.15) is 6.92 Å². The Morgan fingerprint density at radius 2 is 0.723 bits per heavy atom. The van der Waals surface area contributed by atoms with Gasteiger partial charge in [-0.3, -0.25) is 0 Å². The maximum atomic E-state index is 12.8. The summed E-state index contributed by atoms with van der Waals surface area (Å²) in [5.74, 6) is -3.78. The van der Waals surface area contributed by atoms with Crippen LogP contribution in [0, 0.1) is 5.92 Å². The van der Waals surface area contributed by atoms with E-state index >= 15 is 0 Å². The summed E-state index contributed by atoms with van der Waals surface area (Å²) in [5.41, 5.74) is 0. The molecule has 0 aromatic rings. The number of hydrogen-bond donors (Lipinski definition) is 9. The second kappa shape index (κ2) is 24.0. The molecule has 0 aromatic carbocycles. The van der Waals surface area contributed by atoms with Gasteiger partial charge in [-0.2, -0.15) is 0 Å². The Labute approximate surface area is 373 Å². The van der Waals surface area contributed by atoms with E-state index < -0.39 is 185 Å². The highest BCUT2D eigenvalue weighted by molar-refractivity contribution is 5.74. The van der Waals surface area contributed by atoms with Gasteiger partial charge in [0.25, 0.3) is 0 Å². The summed E-state index contributed by atoms with van der Waals surface area (Å²) in [6.45, 7) is -0.436. The number of rotatable bonds is 20. The predicted molar refractivity (Wildman–Crippen MR) is 204 cm³/mol. The minimum absolute atomic E-state index is 0.490. The van der Waals surface area contributed by atoms with E-state index in [1.54, 1.807) is 6.92 Å². The number of hydrogen-bond acceptors (Lipinski definition) is 25. The molecular weight excluding hydrogens is 888 g/mol. The average molecular weight is 953 g/mol. The van der Waals surface area contributed by atoms with Gasteiger partial charge in [0.15, 0.2) is 43.7 Å². The maximum Gasteiger partial charge on any atom is 0.335 e. The Balaban J connectivity index is 1.33. The molecule has 0 aromatic heterocycles. The maximum absolute atomic E-state index is 12.8. The van der Waals surface area contributed by atoms with Gasteiger partial charge in [-0.25, -0.2) is 9.59 Å². The van der Waals surface area contributed by atoms with Crippen molar-refractivity contribution in [2.45, 2.75) is 154 Å². The molecule has 0 amide bonds. The summed E-state index contributed by atoms with van der Waals surface area (Å²) in [5, 5.41) is 95.6. The van der Waals surface area contributed by atoms with Gasteiger partial charge < -0.3 is 122 Å². The zero-order valence-electron chi connectivity index (χ0n) is 36.9. The van der Waals surface area contributed by atoms with Crippen LogP contribution in [0.5, 0.6) is 0 Å². The van der Waals surface area contributed by atoms with Gasteiger partial charge in [-0.1, -0.05) is 6.92 Å². The second-order valence-electron chi connectivity index (χ2n) is 15.9. The smallest absolute Gasteiger partial charge is 0.335 e. The third-order valence-electron chi connectivity index (χ3n) is 12.3. The number of carbonyl (C=O) groups is 2. The van der Waals surface area contributed by atoms with Crippen molar-refractivity contribution in [3.8, 4) is 0 Å². The van der Waals surface area contributed by atoms with Crippen LogP contribution in [0.15, 0.2) is 0 Å². The molecule has 9 N–H and O–H groups in total. The Morgan fingerprint density at radius 3 is 1.09 bits per heavy atom. The van der Waals surface area contributed by atoms with E-state index in [1.165, 1.54) is 42.7 Å². The minimum atomic E-state index is -2.08. The fraction of sp³-hybridized carbons (Fsp3) is 0.947. The van der Waals surface area contributed by atoms with E-state index in [0.717, 1.165) is 7.11 Å². The highest BCUT2D eigenvalue weighted by atomic mass is 16.8. The van der Waals surface area contributed by atoms with Gasteiger partial charge in [0.2, 0.25) is 0 Å². The summed E-state index contributed by atoms with van der Waals surface area (Å²) in [7, 11) is 8.86. The van der Waals surface area contributed by atoms with Crippen LogP contribution in [-0.4, -0.2) is 275 Å². The van der Waals surface area contributed by atoms with Crippen molar-refractivity contribution in [2.75, 3.05) is 69.6 Å². The largest absolute Gasteiger partial charge is 0.479 e. The predicted octanol–water partition coefficient (Wildman–Crippen LogP) is -5.89. The number of carboxylic acids is 2. The Morgan fingerprint density at radius 1 is 0.385 bits per heavy atom. The zero-order valence-corrected chi connectivity index (χ0v) is 36.9. The van der Waals surface area contributed by atoms with Gasteiger partial charge in [0, 0.05) is 55.7 Å². The van der Waals surface area contributed by atoms with Crippen LogP contribution in [0.4, 0.5) is 0 Å². The summed E-state index contributed by atoms with van der Waals surface area (Å²) in [6, 6.07) is 0. The molecule has 65 heavy (non-hydrogen) atoms. The average Bonchev–Trinajstić information content (AvgIpc) is 3.30. The lowest BCUT2D eigenvalue weighted by Gasteiger charge is -2.50. The highest BCUT2D eigenvalue weighted by Crippen LogP contribution is 2.39. The molecule has 5 heterocycles. The molecule has 10 unspecified atom stereocenters. The number of aliphatic hydroxyl groups is 7. The van der Waals surface area contributed by atoms with Crippen LogP contribution >= 0.6 is 0 Å². The van der Waals surface area contributed by atoms with Gasteiger partial charge in [-0.15, -0.1) is 0 Å². The fourth-order valence-corrected chi connectivity index (χ4v) is 8.91. The monoisotopic (exact) mass is 952 g/mol. The quantitative estimate of drug-likeness (QED) is 0.0549. The highest BCUT2D eigenvalue weighted by Gasteiger charge is 2.59. The van der Waals surface area contributed by atoms with E-state index in [2.05, 4.69) is 0 Å². The molecule has 5 aliphatic heterocycles. The lowest BCUT2D eigenvalue weighted by atomic mass is 9.91. The van der Waals surface area contributed by atoms with Gasteiger partial charge in [-0.05, 0) is 0 Å². The van der Waals surface area contributed by atoms with Crippen molar-refractivity contribution < 1.29 is 131 Å². The normalized spacial score (nSPS) is 47.3. The van der Waals surface area contributed by atoms with Crippen molar-refractivity contribution in [1.82, 2.24) is 0 Å². The van der Waals surface area contributed by atoms with E-state index in [0.29, 0.717) is 0 Å². The molecule has 0 aliphatic carbocycles. The van der Waals surface area contributed by atoms with Crippen LogP contribution in [-0.2, 0) is 85.4 Å². The minimum Gasteiger partial charge on any atom is -0.479 e. The number of methoxy groups -OCH3 is 7. The molecule has 5 saturated heterocycles. The first-order chi connectivity index (χ1) is 31.0. The number of aliphatic hydroxyl groups excluding tert-OH is 7. The molecule has 0 bridgehead atoms. The first kappa shape index (κ1) is 54.0. The second-order valence-corrected chi connectivity index (χ2v) is 15.9. The number of aliphatic carboxylic acids is 2. The van der Waals surface area contributed by atoms with Crippen LogP contribution in [0.2, 0.25) is 0 Å². The lowest BCUT2D eigenvalue weighted by Crippen LogP contribution is -2.69. The molecule has 0 saturated carbocycles. The third kappa shape index (κ3) is 11.1. The van der Waals surface area contributed by atoms with E-state index in [9.17, 15) is 55.5 Å². The molecular formula is C38H64O27. The Hall–Kier alpha value is -1.98. The summed E-state index contributed by atoms with van der Waals surface area (Å²) < 4.78 is 91.7. The standard InChI is InChI=1S/C38H64O27/c1-12-20(50-2)23(51-3)15(11-41)57-34(12)62-26-24(52-4)30(54-6)37(64-28(26)32(46)47)61-22-14(10-40)59-36(19(45)17(22)43)63-27-25(53-5)31(55-7)38(65-29(27)33(48)49)60-21-13(9-39)58-35(56-8)18(44)16(21)42/h12-31,34-45H,9-11H2,1-8H3,(H,46,47)(H,48,49)/t12?,13?,14-,15?,16+,17?,18?,19?,20+,21+,22+,23+,24-,25?,26-,27-,28?,29+,30?,31?,34+,35-,36+,37+,38+/m0/s1. The zero-order chi connectivity index (χ0) is 48.0. The van der Waals surface area contributed by atoms with E-state index in [1.807, 2.05) is 0 Å². The molecule has 5 fully saturated rings. The topological polar surface area (TPSA) is 364 Å². The number of carboxylic acid groups (broad SMARTS) is 2.